The molecule has 2 heterocycles. The van der Waals surface area contributed by atoms with Gasteiger partial charge in [-0.25, -0.2) is 0 Å². The summed E-state index contributed by atoms with van der Waals surface area (Å²) in [5.41, 5.74) is 0.494. The Balaban J connectivity index is 1.83. The molecule has 0 bridgehead atoms. The minimum absolute atomic E-state index is 0.494. The monoisotopic (exact) mass is 226 g/mol. The van der Waals surface area contributed by atoms with Gasteiger partial charge in [0.15, 0.2) is 0 Å². The van der Waals surface area contributed by atoms with E-state index in [1.54, 1.807) is 0 Å². The quantitative estimate of drug-likeness (QED) is 0.789. The van der Waals surface area contributed by atoms with Gasteiger partial charge in [0.2, 0.25) is 0 Å². The maximum absolute atomic E-state index is 5.47. The molecule has 0 aromatic rings. The Morgan fingerprint density at radius 3 is 2.81 bits per heavy atom. The van der Waals surface area contributed by atoms with Gasteiger partial charge in [0.25, 0.3) is 0 Å². The second kappa shape index (κ2) is 5.48. The Bertz CT molecular complexity index is 214. The first-order valence-corrected chi connectivity index (χ1v) is 6.75. The van der Waals surface area contributed by atoms with E-state index >= 15 is 0 Å². The lowest BCUT2D eigenvalue weighted by molar-refractivity contribution is 0.000584. The van der Waals surface area contributed by atoms with Crippen LogP contribution in [-0.4, -0.2) is 50.3 Å². The van der Waals surface area contributed by atoms with E-state index in [2.05, 4.69) is 24.1 Å². The molecule has 2 fully saturated rings. The summed E-state index contributed by atoms with van der Waals surface area (Å²) in [7, 11) is 0. The Kier molecular flexibility index (Phi) is 4.22. The average molecular weight is 226 g/mol. The molecule has 1 unspecified atom stereocenters. The topological polar surface area (TPSA) is 24.5 Å². The Labute approximate surface area is 99.5 Å². The lowest BCUT2D eigenvalue weighted by atomic mass is 9.81. The molecule has 0 aromatic carbocycles. The van der Waals surface area contributed by atoms with Crippen LogP contribution in [0, 0.1) is 5.41 Å². The molecule has 2 rings (SSSR count). The lowest BCUT2D eigenvalue weighted by Gasteiger charge is -2.41. The number of piperazine rings is 1. The third-order valence-corrected chi connectivity index (χ3v) is 4.14. The number of ether oxygens (including phenoxy) is 1. The summed E-state index contributed by atoms with van der Waals surface area (Å²) in [6.45, 7) is 11.5. The van der Waals surface area contributed by atoms with Gasteiger partial charge in [0.1, 0.15) is 0 Å². The van der Waals surface area contributed by atoms with Crippen LogP contribution < -0.4 is 5.32 Å². The van der Waals surface area contributed by atoms with Crippen LogP contribution in [0.4, 0.5) is 0 Å². The molecule has 3 heteroatoms. The summed E-state index contributed by atoms with van der Waals surface area (Å²) in [6, 6.07) is 0.706. The maximum atomic E-state index is 5.47. The van der Waals surface area contributed by atoms with Gasteiger partial charge < -0.3 is 10.1 Å². The normalized spacial score (nSPS) is 31.5. The van der Waals surface area contributed by atoms with E-state index in [0.29, 0.717) is 11.5 Å². The zero-order valence-corrected chi connectivity index (χ0v) is 10.8. The van der Waals surface area contributed by atoms with Crippen molar-refractivity contribution >= 4 is 0 Å². The second-order valence-electron chi connectivity index (χ2n) is 5.72. The molecule has 0 aliphatic carbocycles. The van der Waals surface area contributed by atoms with Crippen LogP contribution in [0.25, 0.3) is 0 Å². The number of hydrogen-bond acceptors (Lipinski definition) is 3. The van der Waals surface area contributed by atoms with E-state index in [1.807, 2.05) is 0 Å². The molecule has 2 saturated heterocycles. The zero-order chi connectivity index (χ0) is 11.4. The van der Waals surface area contributed by atoms with Crippen molar-refractivity contribution in [2.45, 2.75) is 39.2 Å². The summed E-state index contributed by atoms with van der Waals surface area (Å²) in [5, 5.41) is 3.58. The molecule has 2 aliphatic heterocycles. The number of hydrogen-bond donors (Lipinski definition) is 1. The largest absolute Gasteiger partial charge is 0.381 e. The molecule has 2 aliphatic rings. The van der Waals surface area contributed by atoms with Crippen molar-refractivity contribution in [1.82, 2.24) is 10.2 Å². The van der Waals surface area contributed by atoms with Crippen LogP contribution in [0.3, 0.4) is 0 Å². The summed E-state index contributed by atoms with van der Waals surface area (Å²) in [6.07, 6.45) is 3.71. The lowest BCUT2D eigenvalue weighted by Crippen LogP contribution is -2.53. The number of rotatable bonds is 3. The smallest absolute Gasteiger partial charge is 0.0471 e. The van der Waals surface area contributed by atoms with Gasteiger partial charge in [-0.3, -0.25) is 4.90 Å². The molecular formula is C13H26N2O. The van der Waals surface area contributed by atoms with Crippen LogP contribution in [0.1, 0.15) is 33.1 Å². The average Bonchev–Trinajstić information content (AvgIpc) is 2.29. The third kappa shape index (κ3) is 3.19. The van der Waals surface area contributed by atoms with Crippen molar-refractivity contribution in [3.05, 3.63) is 0 Å². The van der Waals surface area contributed by atoms with Gasteiger partial charge in [-0.1, -0.05) is 13.8 Å². The molecule has 1 atom stereocenters. The second-order valence-corrected chi connectivity index (χ2v) is 5.72. The van der Waals surface area contributed by atoms with Crippen LogP contribution in [0.15, 0.2) is 0 Å². The molecule has 3 nitrogen and oxygen atoms in total. The molecule has 0 saturated carbocycles. The van der Waals surface area contributed by atoms with Gasteiger partial charge in [0, 0.05) is 45.4 Å². The highest BCUT2D eigenvalue weighted by Crippen LogP contribution is 2.30. The summed E-state index contributed by atoms with van der Waals surface area (Å²) in [5.74, 6) is 0. The third-order valence-electron chi connectivity index (χ3n) is 4.14. The van der Waals surface area contributed by atoms with E-state index < -0.39 is 0 Å². The van der Waals surface area contributed by atoms with Crippen LogP contribution in [0.5, 0.6) is 0 Å². The standard InChI is InChI=1S/C13H26N2O/c1-3-12-10-15(7-6-14-12)11-13(2)4-8-16-9-5-13/h12,14H,3-11H2,1-2H3. The Hall–Kier alpha value is -0.120. The van der Waals surface area contributed by atoms with Crippen LogP contribution in [0.2, 0.25) is 0 Å². The minimum Gasteiger partial charge on any atom is -0.381 e. The van der Waals surface area contributed by atoms with Gasteiger partial charge in [0.05, 0.1) is 0 Å². The highest BCUT2D eigenvalue weighted by atomic mass is 16.5. The van der Waals surface area contributed by atoms with Crippen molar-refractivity contribution in [2.24, 2.45) is 5.41 Å². The van der Waals surface area contributed by atoms with Gasteiger partial charge in [-0.05, 0) is 24.7 Å². The first-order chi connectivity index (χ1) is 7.72. The van der Waals surface area contributed by atoms with E-state index in [4.69, 9.17) is 4.74 Å². The molecule has 0 spiro atoms. The van der Waals surface area contributed by atoms with Gasteiger partial charge >= 0.3 is 0 Å². The highest BCUT2D eigenvalue weighted by Gasteiger charge is 2.31. The SMILES string of the molecule is CCC1CN(CC2(C)CCOCC2)CCN1. The molecule has 94 valence electrons. The number of nitrogens with one attached hydrogen (secondary N) is 1. The Morgan fingerprint density at radius 2 is 2.12 bits per heavy atom. The predicted molar refractivity (Wildman–Crippen MR) is 66.7 cm³/mol. The fourth-order valence-corrected chi connectivity index (χ4v) is 2.87. The van der Waals surface area contributed by atoms with E-state index in [9.17, 15) is 0 Å². The van der Waals surface area contributed by atoms with Crippen molar-refractivity contribution in [2.75, 3.05) is 39.4 Å². The molecule has 0 amide bonds. The summed E-state index contributed by atoms with van der Waals surface area (Å²) >= 11 is 0. The van der Waals surface area contributed by atoms with Crippen LogP contribution >= 0.6 is 0 Å². The van der Waals surface area contributed by atoms with Crippen molar-refractivity contribution in [3.63, 3.8) is 0 Å². The molecule has 0 radical (unpaired) electrons. The predicted octanol–water partition coefficient (Wildman–Crippen LogP) is 1.49. The zero-order valence-electron chi connectivity index (χ0n) is 10.8. The maximum Gasteiger partial charge on any atom is 0.0471 e. The first kappa shape index (κ1) is 12.3. The van der Waals surface area contributed by atoms with Crippen molar-refractivity contribution in [1.29, 1.82) is 0 Å². The van der Waals surface area contributed by atoms with Gasteiger partial charge in [-0.15, -0.1) is 0 Å². The van der Waals surface area contributed by atoms with E-state index in [1.165, 1.54) is 38.9 Å². The van der Waals surface area contributed by atoms with Crippen molar-refractivity contribution in [3.8, 4) is 0 Å². The summed E-state index contributed by atoms with van der Waals surface area (Å²) < 4.78 is 5.47. The van der Waals surface area contributed by atoms with Gasteiger partial charge in [-0.2, -0.15) is 0 Å². The molecule has 0 aromatic heterocycles. The highest BCUT2D eigenvalue weighted by molar-refractivity contribution is 4.85. The Morgan fingerprint density at radius 1 is 1.38 bits per heavy atom. The molecule has 16 heavy (non-hydrogen) atoms. The fraction of sp³-hybridized carbons (Fsp3) is 1.00. The van der Waals surface area contributed by atoms with Crippen LogP contribution in [-0.2, 0) is 4.74 Å². The van der Waals surface area contributed by atoms with Crippen molar-refractivity contribution < 1.29 is 4.74 Å². The minimum atomic E-state index is 0.494. The first-order valence-electron chi connectivity index (χ1n) is 6.75. The van der Waals surface area contributed by atoms with E-state index in [-0.39, 0.29) is 0 Å². The number of nitrogens with zero attached hydrogens (tertiary/aromatic N) is 1. The molecular weight excluding hydrogens is 200 g/mol. The summed E-state index contributed by atoms with van der Waals surface area (Å²) in [4.78, 5) is 2.65. The van der Waals surface area contributed by atoms with E-state index in [0.717, 1.165) is 19.8 Å². The molecule has 1 N–H and O–H groups in total. The fourth-order valence-electron chi connectivity index (χ4n) is 2.87.